The van der Waals surface area contributed by atoms with Crippen LogP contribution in [0.5, 0.6) is 0 Å². The molecular formula is C15H25N3O2S. The maximum atomic E-state index is 12.1. The lowest BCUT2D eigenvalue weighted by Crippen LogP contribution is -2.46. The summed E-state index contributed by atoms with van der Waals surface area (Å²) in [6.07, 6.45) is 0.716. The van der Waals surface area contributed by atoms with Gasteiger partial charge in [0.2, 0.25) is 10.0 Å². The van der Waals surface area contributed by atoms with Crippen molar-refractivity contribution in [3.63, 3.8) is 0 Å². The molecule has 2 N–H and O–H groups in total. The summed E-state index contributed by atoms with van der Waals surface area (Å²) < 4.78 is 27.0. The Morgan fingerprint density at radius 1 is 1.24 bits per heavy atom. The molecule has 1 aromatic rings. The lowest BCUT2D eigenvalue weighted by molar-refractivity contribution is 0.253. The summed E-state index contributed by atoms with van der Waals surface area (Å²) in [5.41, 5.74) is 1.15. The molecule has 6 heteroatoms. The first-order chi connectivity index (χ1) is 10.1. The summed E-state index contributed by atoms with van der Waals surface area (Å²) in [5, 5.41) is 3.26. The van der Waals surface area contributed by atoms with E-state index in [0.29, 0.717) is 13.0 Å². The van der Waals surface area contributed by atoms with Crippen LogP contribution in [-0.4, -0.2) is 57.8 Å². The zero-order chi connectivity index (χ0) is 15.1. The topological polar surface area (TPSA) is 61.4 Å². The van der Waals surface area contributed by atoms with Gasteiger partial charge in [-0.2, -0.15) is 0 Å². The molecule has 0 spiro atoms. The molecule has 1 aliphatic rings. The van der Waals surface area contributed by atoms with Gasteiger partial charge in [-0.1, -0.05) is 30.3 Å². The molecule has 0 aromatic heterocycles. The summed E-state index contributed by atoms with van der Waals surface area (Å²) in [5.74, 6) is 0.173. The van der Waals surface area contributed by atoms with Gasteiger partial charge in [-0.05, 0) is 18.9 Å². The number of nitrogens with zero attached hydrogens (tertiary/aromatic N) is 1. The number of piperazine rings is 1. The molecule has 1 saturated heterocycles. The Bertz CT molecular complexity index is 513. The first kappa shape index (κ1) is 16.4. The fourth-order valence-corrected chi connectivity index (χ4v) is 3.87. The quantitative estimate of drug-likeness (QED) is 0.767. The van der Waals surface area contributed by atoms with Gasteiger partial charge in [-0.25, -0.2) is 13.1 Å². The highest BCUT2D eigenvalue weighted by molar-refractivity contribution is 7.89. The number of hydrogen-bond acceptors (Lipinski definition) is 4. The minimum atomic E-state index is -3.21. The monoisotopic (exact) mass is 311 g/mol. The maximum absolute atomic E-state index is 12.1. The Hall–Kier alpha value is -0.950. The summed E-state index contributed by atoms with van der Waals surface area (Å²) in [6.45, 7) is 6.25. The molecule has 2 rings (SSSR count). The highest BCUT2D eigenvalue weighted by atomic mass is 32.2. The molecule has 1 heterocycles. The fourth-order valence-electron chi connectivity index (χ4n) is 2.56. The van der Waals surface area contributed by atoms with E-state index in [9.17, 15) is 8.42 Å². The van der Waals surface area contributed by atoms with Crippen molar-refractivity contribution in [2.75, 3.05) is 38.5 Å². The van der Waals surface area contributed by atoms with Gasteiger partial charge >= 0.3 is 0 Å². The van der Waals surface area contributed by atoms with E-state index in [4.69, 9.17) is 0 Å². The third-order valence-corrected chi connectivity index (χ3v) is 5.13. The van der Waals surface area contributed by atoms with E-state index in [1.54, 1.807) is 0 Å². The second-order valence-corrected chi connectivity index (χ2v) is 7.49. The van der Waals surface area contributed by atoms with Gasteiger partial charge in [0, 0.05) is 38.8 Å². The van der Waals surface area contributed by atoms with Crippen LogP contribution in [0.1, 0.15) is 12.5 Å². The molecule has 0 radical (unpaired) electrons. The molecule has 21 heavy (non-hydrogen) atoms. The maximum Gasteiger partial charge on any atom is 0.213 e. The van der Waals surface area contributed by atoms with Crippen LogP contribution < -0.4 is 10.0 Å². The van der Waals surface area contributed by atoms with Crippen LogP contribution in [0.25, 0.3) is 0 Å². The molecule has 1 aliphatic heterocycles. The Morgan fingerprint density at radius 3 is 2.57 bits per heavy atom. The molecule has 0 bridgehead atoms. The predicted octanol–water partition coefficient (Wildman–Crippen LogP) is 0.442. The van der Waals surface area contributed by atoms with Crippen LogP contribution in [0.15, 0.2) is 30.3 Å². The summed E-state index contributed by atoms with van der Waals surface area (Å²) in [6, 6.07) is 9.87. The largest absolute Gasteiger partial charge is 0.314 e. The standard InChI is InChI=1S/C15H25N3O2S/c1-14(13-15-5-3-2-4-6-15)17-21(19,20)12-11-18-9-7-16-8-10-18/h2-6,14,16-17H,7-13H2,1H3. The van der Waals surface area contributed by atoms with Crippen molar-refractivity contribution < 1.29 is 8.42 Å². The van der Waals surface area contributed by atoms with E-state index in [1.165, 1.54) is 0 Å². The number of benzene rings is 1. The van der Waals surface area contributed by atoms with Crippen LogP contribution in [-0.2, 0) is 16.4 Å². The molecule has 1 unspecified atom stereocenters. The zero-order valence-electron chi connectivity index (χ0n) is 12.6. The van der Waals surface area contributed by atoms with E-state index < -0.39 is 10.0 Å². The number of rotatable bonds is 7. The Morgan fingerprint density at radius 2 is 1.90 bits per heavy atom. The van der Waals surface area contributed by atoms with Gasteiger partial charge < -0.3 is 5.32 Å². The first-order valence-corrected chi connectivity index (χ1v) is 9.17. The smallest absolute Gasteiger partial charge is 0.213 e. The van der Waals surface area contributed by atoms with Crippen molar-refractivity contribution in [3.8, 4) is 0 Å². The molecule has 1 aromatic carbocycles. The Labute approximate surface area is 127 Å². The summed E-state index contributed by atoms with van der Waals surface area (Å²) in [4.78, 5) is 2.19. The number of nitrogens with one attached hydrogen (secondary N) is 2. The van der Waals surface area contributed by atoms with Crippen LogP contribution in [0.4, 0.5) is 0 Å². The van der Waals surface area contributed by atoms with Gasteiger partial charge in [0.15, 0.2) is 0 Å². The second-order valence-electron chi connectivity index (χ2n) is 5.62. The van der Waals surface area contributed by atoms with Crippen molar-refractivity contribution in [2.45, 2.75) is 19.4 Å². The van der Waals surface area contributed by atoms with E-state index in [-0.39, 0.29) is 11.8 Å². The van der Waals surface area contributed by atoms with Crippen LogP contribution in [0, 0.1) is 0 Å². The van der Waals surface area contributed by atoms with Crippen LogP contribution in [0.3, 0.4) is 0 Å². The normalized spacial score (nSPS) is 18.5. The van der Waals surface area contributed by atoms with Gasteiger partial charge in [0.05, 0.1) is 5.75 Å². The summed E-state index contributed by atoms with van der Waals surface area (Å²) >= 11 is 0. The van der Waals surface area contributed by atoms with Crippen molar-refractivity contribution in [1.82, 2.24) is 14.9 Å². The SMILES string of the molecule is CC(Cc1ccccc1)NS(=O)(=O)CCN1CCNCC1. The highest BCUT2D eigenvalue weighted by Gasteiger charge is 2.17. The molecule has 0 aliphatic carbocycles. The van der Waals surface area contributed by atoms with Crippen molar-refractivity contribution in [3.05, 3.63) is 35.9 Å². The predicted molar refractivity (Wildman–Crippen MR) is 85.8 cm³/mol. The molecule has 0 saturated carbocycles. The molecule has 1 fully saturated rings. The number of hydrogen-bond donors (Lipinski definition) is 2. The number of sulfonamides is 1. The second kappa shape index (κ2) is 7.89. The molecule has 118 valence electrons. The van der Waals surface area contributed by atoms with Crippen molar-refractivity contribution in [1.29, 1.82) is 0 Å². The fraction of sp³-hybridized carbons (Fsp3) is 0.600. The first-order valence-electron chi connectivity index (χ1n) is 7.52. The third kappa shape index (κ3) is 6.13. The molecule has 5 nitrogen and oxygen atoms in total. The van der Waals surface area contributed by atoms with Crippen molar-refractivity contribution in [2.24, 2.45) is 0 Å². The minimum absolute atomic E-state index is 0.0829. The van der Waals surface area contributed by atoms with Gasteiger partial charge in [0.25, 0.3) is 0 Å². The van der Waals surface area contributed by atoms with Gasteiger partial charge in [-0.3, -0.25) is 4.90 Å². The average molecular weight is 311 g/mol. The lowest BCUT2D eigenvalue weighted by atomic mass is 10.1. The summed E-state index contributed by atoms with van der Waals surface area (Å²) in [7, 11) is -3.21. The Kier molecular flexibility index (Phi) is 6.17. The van der Waals surface area contributed by atoms with Crippen molar-refractivity contribution >= 4 is 10.0 Å². The lowest BCUT2D eigenvalue weighted by Gasteiger charge is -2.27. The van der Waals surface area contributed by atoms with E-state index in [2.05, 4.69) is 14.9 Å². The van der Waals surface area contributed by atoms with Gasteiger partial charge in [-0.15, -0.1) is 0 Å². The Balaban J connectivity index is 1.77. The molecule has 0 amide bonds. The average Bonchev–Trinajstić information content (AvgIpc) is 2.47. The third-order valence-electron chi connectivity index (χ3n) is 3.65. The molecular weight excluding hydrogens is 286 g/mol. The van der Waals surface area contributed by atoms with E-state index >= 15 is 0 Å². The van der Waals surface area contributed by atoms with Crippen LogP contribution in [0.2, 0.25) is 0 Å². The van der Waals surface area contributed by atoms with Gasteiger partial charge in [0.1, 0.15) is 0 Å². The minimum Gasteiger partial charge on any atom is -0.314 e. The van der Waals surface area contributed by atoms with E-state index in [0.717, 1.165) is 31.7 Å². The molecule has 1 atom stereocenters. The highest BCUT2D eigenvalue weighted by Crippen LogP contribution is 2.04. The van der Waals surface area contributed by atoms with E-state index in [1.807, 2.05) is 37.3 Å². The zero-order valence-corrected chi connectivity index (χ0v) is 13.4. The van der Waals surface area contributed by atoms with Crippen LogP contribution >= 0.6 is 0 Å².